The van der Waals surface area contributed by atoms with Gasteiger partial charge in [0.05, 0.1) is 37.6 Å². The molecule has 12 aromatic rings. The molecule has 6 aromatic heterocycles. The predicted molar refractivity (Wildman–Crippen MR) is 352 cm³/mol. The molecule has 6 heterocycles. The number of benzene rings is 6. The summed E-state index contributed by atoms with van der Waals surface area (Å²) in [5, 5.41) is 7.31. The fraction of sp³-hybridized carbons (Fsp3) is 0.351. The van der Waals surface area contributed by atoms with E-state index in [0.717, 1.165) is 33.5 Å². The standard InChI is InChI=1S/2C11H12O.4C10H10O.6C2H6/c1-7-6-10-4-5-12-11(10)9(3)8(7)2;1-7-6-8(2)11-10(9(7)3)4-5-12-11;1-7-5-8(2)9-3-4-11-10(9)6-7;1-7-3-4-10-9(8(7)2)5-6-11-10;1-7-3-4-9-5-6-11-10(9)8(7)2;1-7-3-4-8(2)10-9(7)5-6-11-10;6*1-2/h2*4-6H,1-3H3;4*3-6H,1-2H3;6*1-2H3. The van der Waals surface area contributed by atoms with Crippen molar-refractivity contribution in [3.8, 4) is 0 Å². The molecule has 0 unspecified atom stereocenters. The van der Waals surface area contributed by atoms with E-state index in [1.807, 2.05) is 126 Å². The first kappa shape index (κ1) is 70.6. The Hall–Kier alpha value is -7.44. The molecule has 0 atom stereocenters. The highest BCUT2D eigenvalue weighted by Crippen LogP contribution is 2.28. The second-order valence-electron chi connectivity index (χ2n) is 18.0. The Morgan fingerprint density at radius 2 is 0.625 bits per heavy atom. The molecule has 0 bridgehead atoms. The van der Waals surface area contributed by atoms with Crippen LogP contribution < -0.4 is 0 Å². The lowest BCUT2D eigenvalue weighted by atomic mass is 10.0. The van der Waals surface area contributed by atoms with Crippen LogP contribution in [-0.4, -0.2) is 0 Å². The molecule has 0 saturated heterocycles. The molecule has 0 amide bonds. The van der Waals surface area contributed by atoms with Gasteiger partial charge in [-0.2, -0.15) is 0 Å². The molecule has 6 aromatic carbocycles. The number of rotatable bonds is 0. The van der Waals surface area contributed by atoms with E-state index >= 15 is 0 Å². The van der Waals surface area contributed by atoms with Crippen molar-refractivity contribution in [3.63, 3.8) is 0 Å². The highest BCUT2D eigenvalue weighted by atomic mass is 16.3. The van der Waals surface area contributed by atoms with E-state index in [-0.39, 0.29) is 0 Å². The van der Waals surface area contributed by atoms with Gasteiger partial charge >= 0.3 is 0 Å². The topological polar surface area (TPSA) is 78.8 Å². The monoisotopic (exact) mass is 1080 g/mol. The van der Waals surface area contributed by atoms with Crippen molar-refractivity contribution < 1.29 is 26.5 Å². The minimum atomic E-state index is 0.980. The molecule has 0 fully saturated rings. The van der Waals surface area contributed by atoms with E-state index in [9.17, 15) is 0 Å². The molecular formula is C74H100O6. The quantitative estimate of drug-likeness (QED) is 0.151. The first-order valence-corrected chi connectivity index (χ1v) is 29.2. The maximum atomic E-state index is 5.38. The maximum Gasteiger partial charge on any atom is 0.137 e. The Labute approximate surface area is 482 Å². The Balaban J connectivity index is 0.000000462. The molecule has 0 saturated carbocycles. The van der Waals surface area contributed by atoms with Gasteiger partial charge in [-0.25, -0.2) is 0 Å². The van der Waals surface area contributed by atoms with Crippen LogP contribution in [0.3, 0.4) is 0 Å². The van der Waals surface area contributed by atoms with Crippen molar-refractivity contribution in [3.05, 3.63) is 213 Å². The minimum Gasteiger partial charge on any atom is -0.464 e. The van der Waals surface area contributed by atoms with E-state index < -0.39 is 0 Å². The lowest BCUT2D eigenvalue weighted by molar-refractivity contribution is 0.612. The Bertz CT molecular complexity index is 3510. The first-order valence-electron chi connectivity index (χ1n) is 29.2. The summed E-state index contributed by atoms with van der Waals surface area (Å²) in [5.74, 6) is 0. The van der Waals surface area contributed by atoms with Gasteiger partial charge in [0.25, 0.3) is 0 Å². The summed E-state index contributed by atoms with van der Waals surface area (Å²) in [4.78, 5) is 0. The smallest absolute Gasteiger partial charge is 0.137 e. The molecule has 80 heavy (non-hydrogen) atoms. The van der Waals surface area contributed by atoms with Crippen LogP contribution in [0.2, 0.25) is 0 Å². The Morgan fingerprint density at radius 3 is 1.23 bits per heavy atom. The third-order valence-electron chi connectivity index (χ3n) is 13.3. The van der Waals surface area contributed by atoms with Crippen molar-refractivity contribution in [2.24, 2.45) is 0 Å². The summed E-state index contributed by atoms with van der Waals surface area (Å²) in [6, 6.07) is 33.1. The van der Waals surface area contributed by atoms with Crippen LogP contribution in [0.1, 0.15) is 161 Å². The zero-order chi connectivity index (χ0) is 60.8. The second kappa shape index (κ2) is 36.7. The van der Waals surface area contributed by atoms with Crippen LogP contribution in [0.4, 0.5) is 0 Å². The van der Waals surface area contributed by atoms with Gasteiger partial charge in [-0.3, -0.25) is 0 Å². The fourth-order valence-electron chi connectivity index (χ4n) is 8.51. The number of fused-ring (bicyclic) bond motifs is 6. The lowest BCUT2D eigenvalue weighted by Gasteiger charge is -2.03. The second-order valence-corrected chi connectivity index (χ2v) is 18.0. The molecule has 0 aliphatic rings. The van der Waals surface area contributed by atoms with E-state index in [4.69, 9.17) is 26.5 Å². The summed E-state index contributed by atoms with van der Waals surface area (Å²) in [6.45, 7) is 53.5. The molecule has 6 nitrogen and oxygen atoms in total. The Morgan fingerprint density at radius 1 is 0.212 bits per heavy atom. The van der Waals surface area contributed by atoms with Gasteiger partial charge in [-0.1, -0.05) is 126 Å². The molecule has 0 N–H and O–H groups in total. The van der Waals surface area contributed by atoms with Gasteiger partial charge in [-0.05, 0) is 229 Å². The van der Waals surface area contributed by atoms with Gasteiger partial charge in [0, 0.05) is 32.3 Å². The van der Waals surface area contributed by atoms with Gasteiger partial charge in [0.15, 0.2) is 0 Å². The van der Waals surface area contributed by atoms with Crippen molar-refractivity contribution in [1.82, 2.24) is 0 Å². The molecule has 6 heteroatoms. The molecular weight excluding hydrogens is 985 g/mol. The van der Waals surface area contributed by atoms with Gasteiger partial charge in [0.2, 0.25) is 0 Å². The number of hydrogen-bond donors (Lipinski definition) is 0. The number of aryl methyl sites for hydroxylation is 13. The van der Waals surface area contributed by atoms with Crippen LogP contribution >= 0.6 is 0 Å². The first-order chi connectivity index (χ1) is 38.5. The average Bonchev–Trinajstić information content (AvgIpc) is 4.36. The fourth-order valence-corrected chi connectivity index (χ4v) is 8.51. The van der Waals surface area contributed by atoms with Crippen LogP contribution in [0.5, 0.6) is 0 Å². The zero-order valence-electron chi connectivity index (χ0n) is 54.2. The van der Waals surface area contributed by atoms with E-state index in [2.05, 4.69) is 152 Å². The van der Waals surface area contributed by atoms with E-state index in [0.29, 0.717) is 0 Å². The van der Waals surface area contributed by atoms with E-state index in [1.165, 1.54) is 110 Å². The van der Waals surface area contributed by atoms with Gasteiger partial charge < -0.3 is 26.5 Å². The van der Waals surface area contributed by atoms with Crippen molar-refractivity contribution in [1.29, 1.82) is 0 Å². The lowest BCUT2D eigenvalue weighted by Crippen LogP contribution is -1.85. The molecule has 0 spiro atoms. The summed E-state index contributed by atoms with van der Waals surface area (Å²) < 4.78 is 32.0. The van der Waals surface area contributed by atoms with Gasteiger partial charge in [-0.15, -0.1) is 0 Å². The third-order valence-corrected chi connectivity index (χ3v) is 13.3. The number of hydrogen-bond acceptors (Lipinski definition) is 6. The van der Waals surface area contributed by atoms with Crippen LogP contribution in [-0.2, 0) is 0 Å². The van der Waals surface area contributed by atoms with Crippen molar-refractivity contribution in [2.75, 3.05) is 0 Å². The zero-order valence-corrected chi connectivity index (χ0v) is 54.2. The largest absolute Gasteiger partial charge is 0.464 e. The van der Waals surface area contributed by atoms with Crippen LogP contribution in [0.25, 0.3) is 65.8 Å². The normalized spacial score (nSPS) is 9.62. The van der Waals surface area contributed by atoms with Crippen molar-refractivity contribution >= 4 is 65.8 Å². The summed E-state index contributed by atoms with van der Waals surface area (Å²) in [6.07, 6.45) is 10.4. The number of furan rings is 6. The summed E-state index contributed by atoms with van der Waals surface area (Å²) in [5.41, 5.74) is 24.0. The summed E-state index contributed by atoms with van der Waals surface area (Å²) >= 11 is 0. The molecule has 0 radical (unpaired) electrons. The van der Waals surface area contributed by atoms with E-state index in [1.54, 1.807) is 37.6 Å². The highest BCUT2D eigenvalue weighted by Gasteiger charge is 2.08. The summed E-state index contributed by atoms with van der Waals surface area (Å²) in [7, 11) is 0. The molecule has 0 aliphatic heterocycles. The van der Waals surface area contributed by atoms with Crippen LogP contribution in [0, 0.1) is 96.9 Å². The third kappa shape index (κ3) is 18.6. The highest BCUT2D eigenvalue weighted by molar-refractivity contribution is 5.86. The molecule has 0 aliphatic carbocycles. The molecule has 432 valence electrons. The Kier molecular flexibility index (Phi) is 32.4. The maximum absolute atomic E-state index is 5.38. The SMILES string of the molecule is CC.CC.CC.CC.CC.CC.Cc1cc(C)c2ccoc2c1.Cc1cc(C)c2occc2c1C.Cc1cc2ccoc2c(C)c1C.Cc1ccc(C)c2occc12.Cc1ccc2ccoc2c1C.Cc1ccc2occc2c1C. The van der Waals surface area contributed by atoms with Crippen LogP contribution in [0.15, 0.2) is 161 Å². The minimum absolute atomic E-state index is 0.980. The van der Waals surface area contributed by atoms with Crippen molar-refractivity contribution in [2.45, 2.75) is 180 Å². The van der Waals surface area contributed by atoms with Gasteiger partial charge in [0.1, 0.15) is 33.5 Å². The molecule has 12 rings (SSSR count). The predicted octanol–water partition coefficient (Wildman–Crippen LogP) is 25.1. The average molecular weight is 1090 g/mol.